The lowest BCUT2D eigenvalue weighted by atomic mass is 10.1. The lowest BCUT2D eigenvalue weighted by Gasteiger charge is -2.15. The van der Waals surface area contributed by atoms with Gasteiger partial charge in [-0.25, -0.2) is 9.97 Å². The lowest BCUT2D eigenvalue weighted by Crippen LogP contribution is -2.21. The van der Waals surface area contributed by atoms with Gasteiger partial charge in [-0.3, -0.25) is 4.90 Å². The molecule has 8 heteroatoms. The Bertz CT molecular complexity index is 900. The van der Waals surface area contributed by atoms with Gasteiger partial charge >= 0.3 is 0 Å². The first kappa shape index (κ1) is 17.6. The summed E-state index contributed by atoms with van der Waals surface area (Å²) in [5, 5.41) is 11.2. The average Bonchev–Trinajstić information content (AvgIpc) is 3.19. The highest BCUT2D eigenvalue weighted by atomic mass is 35.5. The molecule has 4 N–H and O–H groups in total. The number of aromatic nitrogens is 3. The third-order valence-electron chi connectivity index (χ3n) is 4.73. The Morgan fingerprint density at radius 2 is 2.08 bits per heavy atom. The average molecular weight is 390 g/mol. The predicted octanol–water partition coefficient (Wildman–Crippen LogP) is 2.78. The topological polar surface area (TPSA) is 91.1 Å². The van der Waals surface area contributed by atoms with Crippen LogP contribution in [0, 0.1) is 5.92 Å². The molecule has 0 radical (unpaired) electrons. The summed E-state index contributed by atoms with van der Waals surface area (Å²) in [5.41, 5.74) is 8.58. The van der Waals surface area contributed by atoms with Crippen LogP contribution in [0.2, 0.25) is 5.02 Å². The molecule has 0 unspecified atom stereocenters. The Labute approximate surface area is 160 Å². The normalized spacial score (nSPS) is 20.8. The van der Waals surface area contributed by atoms with E-state index in [4.69, 9.17) is 17.3 Å². The molecule has 2 atom stereocenters. The van der Waals surface area contributed by atoms with Gasteiger partial charge in [0.15, 0.2) is 5.82 Å². The monoisotopic (exact) mass is 389 g/mol. The zero-order valence-electron chi connectivity index (χ0n) is 14.1. The van der Waals surface area contributed by atoms with Crippen LogP contribution in [0.25, 0.3) is 11.0 Å². The van der Waals surface area contributed by atoms with Crippen LogP contribution >= 0.6 is 23.4 Å². The molecule has 1 aliphatic rings. The number of likely N-dealkylation sites (tertiary alicyclic amines) is 1. The smallest absolute Gasteiger partial charge is 0.151 e. The number of fused-ring (bicyclic) bond motifs is 1. The standard InChI is InChI=1S/C18H20ClN5OS/c19-13-1-3-14(4-2-13)26-9-12-7-24(8-15(12)25)6-11-5-21-17-16(11)22-10-23-18(17)20/h1-5,10,12,15,21,25H,6-9H2,(H2,20,22,23)/t12-,15-/m1/s1. The number of nitrogen functional groups attached to an aromatic ring is 1. The number of nitrogens with one attached hydrogen (secondary N) is 1. The van der Waals surface area contributed by atoms with E-state index in [0.29, 0.717) is 12.4 Å². The van der Waals surface area contributed by atoms with Crippen molar-refractivity contribution >= 4 is 40.2 Å². The van der Waals surface area contributed by atoms with Gasteiger partial charge in [0.25, 0.3) is 0 Å². The number of β-amino-alcohol motifs (C(OH)–C–C–N with tert-alkyl or cyclic N) is 1. The van der Waals surface area contributed by atoms with E-state index in [9.17, 15) is 5.11 Å². The van der Waals surface area contributed by atoms with E-state index in [1.807, 2.05) is 30.5 Å². The van der Waals surface area contributed by atoms with E-state index in [1.54, 1.807) is 11.8 Å². The number of hydrogen-bond acceptors (Lipinski definition) is 6. The molecule has 0 amide bonds. The number of nitrogens with two attached hydrogens (primary N) is 1. The molecule has 0 bridgehead atoms. The van der Waals surface area contributed by atoms with Gasteiger partial charge in [0, 0.05) is 53.0 Å². The molecule has 3 heterocycles. The van der Waals surface area contributed by atoms with Crippen molar-refractivity contribution < 1.29 is 5.11 Å². The lowest BCUT2D eigenvalue weighted by molar-refractivity contribution is 0.149. The molecule has 136 valence electrons. The molecular weight excluding hydrogens is 370 g/mol. The summed E-state index contributed by atoms with van der Waals surface area (Å²) in [5.74, 6) is 1.57. The quantitative estimate of drug-likeness (QED) is 0.581. The van der Waals surface area contributed by atoms with Crippen LogP contribution in [0.5, 0.6) is 0 Å². The van der Waals surface area contributed by atoms with Gasteiger partial charge in [-0.2, -0.15) is 0 Å². The van der Waals surface area contributed by atoms with E-state index < -0.39 is 0 Å². The number of halogens is 1. The first-order chi connectivity index (χ1) is 12.6. The minimum absolute atomic E-state index is 0.237. The van der Waals surface area contributed by atoms with Crippen molar-refractivity contribution in [2.45, 2.75) is 17.5 Å². The minimum atomic E-state index is -0.320. The fourth-order valence-corrected chi connectivity index (χ4v) is 4.53. The first-order valence-corrected chi connectivity index (χ1v) is 9.81. The van der Waals surface area contributed by atoms with E-state index in [2.05, 4.69) is 19.9 Å². The second-order valence-corrected chi connectivity index (χ2v) is 8.11. The molecule has 6 nitrogen and oxygen atoms in total. The van der Waals surface area contributed by atoms with Gasteiger partial charge in [0.1, 0.15) is 11.8 Å². The number of hydrogen-bond donors (Lipinski definition) is 3. The van der Waals surface area contributed by atoms with Gasteiger partial charge in [-0.15, -0.1) is 11.8 Å². The van der Waals surface area contributed by atoms with Crippen molar-refractivity contribution in [2.75, 3.05) is 24.6 Å². The third-order valence-corrected chi connectivity index (χ3v) is 6.18. The van der Waals surface area contributed by atoms with Crippen molar-refractivity contribution in [3.63, 3.8) is 0 Å². The summed E-state index contributed by atoms with van der Waals surface area (Å²) in [4.78, 5) is 14.9. The molecule has 0 saturated carbocycles. The number of benzene rings is 1. The van der Waals surface area contributed by atoms with Crippen molar-refractivity contribution in [3.05, 3.63) is 47.4 Å². The molecule has 1 fully saturated rings. The Hall–Kier alpha value is -1.80. The van der Waals surface area contributed by atoms with Gasteiger partial charge in [0.2, 0.25) is 0 Å². The summed E-state index contributed by atoms with van der Waals surface area (Å²) >= 11 is 7.68. The van der Waals surface area contributed by atoms with Gasteiger partial charge in [-0.05, 0) is 24.3 Å². The van der Waals surface area contributed by atoms with Crippen molar-refractivity contribution in [2.24, 2.45) is 5.92 Å². The van der Waals surface area contributed by atoms with Crippen LogP contribution < -0.4 is 5.73 Å². The number of anilines is 1. The molecule has 0 spiro atoms. The maximum absolute atomic E-state index is 10.4. The van der Waals surface area contributed by atoms with Crippen molar-refractivity contribution in [1.82, 2.24) is 19.9 Å². The highest BCUT2D eigenvalue weighted by Crippen LogP contribution is 2.29. The van der Waals surface area contributed by atoms with E-state index in [-0.39, 0.29) is 12.0 Å². The predicted molar refractivity (Wildman–Crippen MR) is 105 cm³/mol. The van der Waals surface area contributed by atoms with Gasteiger partial charge in [0.05, 0.1) is 11.6 Å². The van der Waals surface area contributed by atoms with Gasteiger partial charge < -0.3 is 15.8 Å². The Morgan fingerprint density at radius 3 is 2.88 bits per heavy atom. The summed E-state index contributed by atoms with van der Waals surface area (Å²) < 4.78 is 0. The molecule has 1 saturated heterocycles. The maximum atomic E-state index is 10.4. The SMILES string of the molecule is Nc1ncnc2c(CN3C[C@H](CSc4ccc(Cl)cc4)[C@H](O)C3)c[nH]c12. The van der Waals surface area contributed by atoms with Crippen LogP contribution in [-0.2, 0) is 6.54 Å². The fourth-order valence-electron chi connectivity index (χ4n) is 3.34. The first-order valence-electron chi connectivity index (χ1n) is 8.45. The molecule has 3 aromatic rings. The molecule has 1 aliphatic heterocycles. The van der Waals surface area contributed by atoms with Crippen LogP contribution in [0.4, 0.5) is 5.82 Å². The van der Waals surface area contributed by atoms with E-state index in [1.165, 1.54) is 11.2 Å². The minimum Gasteiger partial charge on any atom is -0.391 e. The van der Waals surface area contributed by atoms with Crippen molar-refractivity contribution in [3.8, 4) is 0 Å². The zero-order valence-corrected chi connectivity index (χ0v) is 15.7. The second kappa shape index (κ2) is 7.44. The summed E-state index contributed by atoms with van der Waals surface area (Å²) in [6.07, 6.45) is 3.09. The summed E-state index contributed by atoms with van der Waals surface area (Å²) in [7, 11) is 0. The Balaban J connectivity index is 1.38. The Kier molecular flexibility index (Phi) is 5.04. The Morgan fingerprint density at radius 1 is 1.27 bits per heavy atom. The van der Waals surface area contributed by atoms with Crippen LogP contribution in [0.1, 0.15) is 5.56 Å². The number of aromatic amines is 1. The molecular formula is C18H20ClN5OS. The zero-order chi connectivity index (χ0) is 18.1. The van der Waals surface area contributed by atoms with Crippen LogP contribution in [0.3, 0.4) is 0 Å². The summed E-state index contributed by atoms with van der Waals surface area (Å²) in [6.45, 7) is 2.25. The summed E-state index contributed by atoms with van der Waals surface area (Å²) in [6, 6.07) is 7.82. The van der Waals surface area contributed by atoms with E-state index >= 15 is 0 Å². The number of rotatable bonds is 5. The maximum Gasteiger partial charge on any atom is 0.151 e. The highest BCUT2D eigenvalue weighted by molar-refractivity contribution is 7.99. The fraction of sp³-hybridized carbons (Fsp3) is 0.333. The number of H-pyrrole nitrogens is 1. The number of aliphatic hydroxyl groups is 1. The second-order valence-electron chi connectivity index (χ2n) is 6.58. The highest BCUT2D eigenvalue weighted by Gasteiger charge is 2.31. The van der Waals surface area contributed by atoms with Gasteiger partial charge in [-0.1, -0.05) is 11.6 Å². The largest absolute Gasteiger partial charge is 0.391 e. The van der Waals surface area contributed by atoms with Crippen LogP contribution in [0.15, 0.2) is 41.7 Å². The molecule has 1 aromatic carbocycles. The van der Waals surface area contributed by atoms with Crippen LogP contribution in [-0.4, -0.2) is 49.9 Å². The number of nitrogens with zero attached hydrogens (tertiary/aromatic N) is 3. The molecule has 0 aliphatic carbocycles. The third kappa shape index (κ3) is 3.66. The number of aliphatic hydroxyl groups excluding tert-OH is 1. The molecule has 26 heavy (non-hydrogen) atoms. The van der Waals surface area contributed by atoms with Crippen molar-refractivity contribution in [1.29, 1.82) is 0 Å². The molecule has 2 aromatic heterocycles. The van der Waals surface area contributed by atoms with E-state index in [0.717, 1.165) is 40.5 Å². The number of thioether (sulfide) groups is 1. The molecule has 4 rings (SSSR count).